The van der Waals surface area contributed by atoms with Crippen molar-refractivity contribution < 1.29 is 14.1 Å². The van der Waals surface area contributed by atoms with Crippen LogP contribution in [0.25, 0.3) is 10.2 Å². The standard InChI is InChI=1S/C23H28N4O3S/c28-21(7-3-6-20-24-18-4-1-2-5-19(18)31-20)27-12-8-17(9-13-27)23-25-22(26-30-23)16-10-14-29-15-11-16/h1-2,4-5,16-17H,3,6-15H2. The van der Waals surface area contributed by atoms with Crippen LogP contribution in [0.4, 0.5) is 0 Å². The van der Waals surface area contributed by atoms with Crippen LogP contribution in [0.15, 0.2) is 28.8 Å². The van der Waals surface area contributed by atoms with Crippen LogP contribution in [0.1, 0.15) is 67.1 Å². The summed E-state index contributed by atoms with van der Waals surface area (Å²) in [6, 6.07) is 8.19. The molecule has 3 aromatic rings. The maximum absolute atomic E-state index is 12.7. The van der Waals surface area contributed by atoms with E-state index in [9.17, 15) is 4.79 Å². The molecular formula is C23H28N4O3S. The van der Waals surface area contributed by atoms with Crippen molar-refractivity contribution in [1.82, 2.24) is 20.0 Å². The first kappa shape index (κ1) is 20.6. The lowest BCUT2D eigenvalue weighted by molar-refractivity contribution is -0.132. The number of piperidine rings is 1. The molecule has 0 bridgehead atoms. The van der Waals surface area contributed by atoms with Crippen molar-refractivity contribution in [1.29, 1.82) is 0 Å². The number of aryl methyl sites for hydroxylation is 1. The third-order valence-electron chi connectivity index (χ3n) is 6.36. The Hall–Kier alpha value is -2.32. The van der Waals surface area contributed by atoms with E-state index in [0.29, 0.717) is 12.3 Å². The fraction of sp³-hybridized carbons (Fsp3) is 0.565. The third kappa shape index (κ3) is 4.80. The number of carbonyl (C=O) groups is 1. The van der Waals surface area contributed by atoms with E-state index >= 15 is 0 Å². The quantitative estimate of drug-likeness (QED) is 0.568. The van der Waals surface area contributed by atoms with Crippen molar-refractivity contribution in [2.24, 2.45) is 0 Å². The topological polar surface area (TPSA) is 81.4 Å². The Morgan fingerprint density at radius 2 is 1.87 bits per heavy atom. The first-order chi connectivity index (χ1) is 15.3. The van der Waals surface area contributed by atoms with Crippen LogP contribution in [0.3, 0.4) is 0 Å². The second kappa shape index (κ2) is 9.44. The normalized spacial score (nSPS) is 18.6. The predicted octanol–water partition coefficient (Wildman–Crippen LogP) is 4.30. The van der Waals surface area contributed by atoms with Crippen LogP contribution in [-0.2, 0) is 16.0 Å². The number of carbonyl (C=O) groups excluding carboxylic acids is 1. The molecule has 2 aromatic heterocycles. The van der Waals surface area contributed by atoms with E-state index in [4.69, 9.17) is 9.26 Å². The summed E-state index contributed by atoms with van der Waals surface area (Å²) in [5.74, 6) is 2.42. The number of aromatic nitrogens is 3. The molecule has 0 N–H and O–H groups in total. The van der Waals surface area contributed by atoms with Gasteiger partial charge in [0.1, 0.15) is 0 Å². The number of benzene rings is 1. The van der Waals surface area contributed by atoms with Gasteiger partial charge in [-0.2, -0.15) is 4.98 Å². The summed E-state index contributed by atoms with van der Waals surface area (Å²) in [7, 11) is 0. The van der Waals surface area contributed by atoms with Gasteiger partial charge >= 0.3 is 0 Å². The average molecular weight is 441 g/mol. The van der Waals surface area contributed by atoms with Crippen LogP contribution in [0.5, 0.6) is 0 Å². The monoisotopic (exact) mass is 440 g/mol. The maximum atomic E-state index is 12.7. The second-order valence-corrected chi connectivity index (χ2v) is 9.58. The fourth-order valence-electron chi connectivity index (χ4n) is 4.49. The minimum absolute atomic E-state index is 0.244. The fourth-order valence-corrected chi connectivity index (χ4v) is 5.50. The van der Waals surface area contributed by atoms with Gasteiger partial charge < -0.3 is 14.2 Å². The lowest BCUT2D eigenvalue weighted by Gasteiger charge is -2.30. The van der Waals surface area contributed by atoms with Gasteiger partial charge in [0.25, 0.3) is 0 Å². The Kier molecular flexibility index (Phi) is 6.27. The van der Waals surface area contributed by atoms with E-state index in [1.807, 2.05) is 23.1 Å². The molecule has 2 saturated heterocycles. The Morgan fingerprint density at radius 3 is 2.68 bits per heavy atom. The number of ether oxygens (including phenoxy) is 1. The van der Waals surface area contributed by atoms with Gasteiger partial charge in [-0.1, -0.05) is 17.3 Å². The summed E-state index contributed by atoms with van der Waals surface area (Å²) in [5, 5.41) is 5.34. The molecule has 0 radical (unpaired) electrons. The molecule has 0 unspecified atom stereocenters. The number of para-hydroxylation sites is 1. The summed E-state index contributed by atoms with van der Waals surface area (Å²) in [6.07, 6.45) is 5.98. The van der Waals surface area contributed by atoms with E-state index < -0.39 is 0 Å². The molecule has 0 saturated carbocycles. The van der Waals surface area contributed by atoms with E-state index in [0.717, 1.165) is 87.1 Å². The molecule has 4 heterocycles. The van der Waals surface area contributed by atoms with Gasteiger partial charge in [-0.15, -0.1) is 11.3 Å². The number of thiazole rings is 1. The number of likely N-dealkylation sites (tertiary alicyclic amines) is 1. The molecule has 2 aliphatic heterocycles. The Bertz CT molecular complexity index is 986. The molecular weight excluding hydrogens is 412 g/mol. The molecule has 1 amide bonds. The number of hydrogen-bond donors (Lipinski definition) is 0. The summed E-state index contributed by atoms with van der Waals surface area (Å²) < 4.78 is 12.2. The van der Waals surface area contributed by atoms with Gasteiger partial charge in [0, 0.05) is 44.6 Å². The molecule has 7 nitrogen and oxygen atoms in total. The van der Waals surface area contributed by atoms with Crippen LogP contribution in [0, 0.1) is 0 Å². The van der Waals surface area contributed by atoms with Gasteiger partial charge in [0.05, 0.1) is 15.2 Å². The highest BCUT2D eigenvalue weighted by atomic mass is 32.1. The van der Waals surface area contributed by atoms with Crippen molar-refractivity contribution >= 4 is 27.5 Å². The van der Waals surface area contributed by atoms with Crippen LogP contribution in [-0.4, -0.2) is 52.2 Å². The molecule has 2 aliphatic rings. The van der Waals surface area contributed by atoms with Crippen LogP contribution in [0.2, 0.25) is 0 Å². The summed E-state index contributed by atoms with van der Waals surface area (Å²) in [6.45, 7) is 3.07. The van der Waals surface area contributed by atoms with Gasteiger partial charge in [-0.3, -0.25) is 4.79 Å². The number of amides is 1. The molecule has 0 spiro atoms. The zero-order valence-corrected chi connectivity index (χ0v) is 18.5. The lowest BCUT2D eigenvalue weighted by atomic mass is 9.96. The first-order valence-corrected chi connectivity index (χ1v) is 12.1. The predicted molar refractivity (Wildman–Crippen MR) is 118 cm³/mol. The third-order valence-corrected chi connectivity index (χ3v) is 7.46. The zero-order valence-electron chi connectivity index (χ0n) is 17.7. The van der Waals surface area contributed by atoms with E-state index in [1.54, 1.807) is 11.3 Å². The number of nitrogens with zero attached hydrogens (tertiary/aromatic N) is 4. The van der Waals surface area contributed by atoms with Gasteiger partial charge in [-0.05, 0) is 50.7 Å². The van der Waals surface area contributed by atoms with Crippen molar-refractivity contribution in [3.63, 3.8) is 0 Å². The smallest absolute Gasteiger partial charge is 0.229 e. The van der Waals surface area contributed by atoms with Crippen LogP contribution >= 0.6 is 11.3 Å². The Morgan fingerprint density at radius 1 is 1.06 bits per heavy atom. The maximum Gasteiger partial charge on any atom is 0.229 e. The molecule has 8 heteroatoms. The molecule has 0 aliphatic carbocycles. The second-order valence-electron chi connectivity index (χ2n) is 8.46. The minimum atomic E-state index is 0.244. The molecule has 5 rings (SSSR count). The van der Waals surface area contributed by atoms with Gasteiger partial charge in [-0.25, -0.2) is 4.98 Å². The largest absolute Gasteiger partial charge is 0.381 e. The van der Waals surface area contributed by atoms with E-state index in [-0.39, 0.29) is 11.8 Å². The van der Waals surface area contributed by atoms with E-state index in [2.05, 4.69) is 21.2 Å². The minimum Gasteiger partial charge on any atom is -0.381 e. The first-order valence-electron chi connectivity index (χ1n) is 11.3. The molecule has 31 heavy (non-hydrogen) atoms. The average Bonchev–Trinajstić information content (AvgIpc) is 3.47. The van der Waals surface area contributed by atoms with E-state index in [1.165, 1.54) is 4.70 Å². The highest BCUT2D eigenvalue weighted by molar-refractivity contribution is 7.18. The zero-order chi connectivity index (χ0) is 21.0. The molecule has 0 atom stereocenters. The molecule has 1 aromatic carbocycles. The number of rotatable bonds is 6. The van der Waals surface area contributed by atoms with Crippen molar-refractivity contribution in [2.45, 2.75) is 56.8 Å². The van der Waals surface area contributed by atoms with Crippen molar-refractivity contribution in [3.8, 4) is 0 Å². The van der Waals surface area contributed by atoms with Gasteiger partial charge in [0.15, 0.2) is 5.82 Å². The molecule has 164 valence electrons. The summed E-state index contributed by atoms with van der Waals surface area (Å²) >= 11 is 1.73. The van der Waals surface area contributed by atoms with Crippen molar-refractivity contribution in [2.75, 3.05) is 26.3 Å². The van der Waals surface area contributed by atoms with Gasteiger partial charge in [0.2, 0.25) is 11.8 Å². The van der Waals surface area contributed by atoms with Crippen molar-refractivity contribution in [3.05, 3.63) is 41.0 Å². The number of fused-ring (bicyclic) bond motifs is 1. The SMILES string of the molecule is O=C(CCCc1nc2ccccc2s1)N1CCC(c2nc(C3CCOCC3)no2)CC1. The lowest BCUT2D eigenvalue weighted by Crippen LogP contribution is -2.37. The summed E-state index contributed by atoms with van der Waals surface area (Å²) in [5.41, 5.74) is 1.05. The highest BCUT2D eigenvalue weighted by Crippen LogP contribution is 2.30. The highest BCUT2D eigenvalue weighted by Gasteiger charge is 2.29. The van der Waals surface area contributed by atoms with Crippen LogP contribution < -0.4 is 0 Å². The summed E-state index contributed by atoms with van der Waals surface area (Å²) in [4.78, 5) is 24.0. The Labute approximate surface area is 185 Å². The molecule has 2 fully saturated rings. The Balaban J connectivity index is 1.08. The number of hydrogen-bond acceptors (Lipinski definition) is 7.